The Kier molecular flexibility index (Phi) is 3.56. The summed E-state index contributed by atoms with van der Waals surface area (Å²) in [7, 11) is 1.94. The molecule has 0 radical (unpaired) electrons. The second-order valence-corrected chi connectivity index (χ2v) is 6.34. The molecule has 1 aliphatic rings. The molecule has 1 aromatic rings. The van der Waals surface area contributed by atoms with E-state index in [0.717, 1.165) is 6.42 Å². The van der Waals surface area contributed by atoms with Crippen molar-refractivity contribution >= 4 is 11.8 Å². The van der Waals surface area contributed by atoms with Gasteiger partial charge in [0, 0.05) is 24.0 Å². The predicted molar refractivity (Wildman–Crippen MR) is 68.1 cm³/mol. The molecule has 1 fully saturated rings. The van der Waals surface area contributed by atoms with Crippen LogP contribution in [0.15, 0.2) is 12.4 Å². The molecule has 1 aliphatic heterocycles. The monoisotopic (exact) mass is 240 g/mol. The van der Waals surface area contributed by atoms with Crippen LogP contribution in [0.3, 0.4) is 0 Å². The highest BCUT2D eigenvalue weighted by Crippen LogP contribution is 2.41. The van der Waals surface area contributed by atoms with Crippen LogP contribution in [0.5, 0.6) is 0 Å². The minimum atomic E-state index is 0.268. The van der Waals surface area contributed by atoms with Crippen LogP contribution in [-0.4, -0.2) is 26.3 Å². The first kappa shape index (κ1) is 12.0. The van der Waals surface area contributed by atoms with E-state index < -0.39 is 0 Å². The van der Waals surface area contributed by atoms with Crippen molar-refractivity contribution in [2.75, 3.05) is 5.75 Å². The Morgan fingerprint density at radius 2 is 2.56 bits per heavy atom. The third-order valence-corrected chi connectivity index (χ3v) is 5.03. The number of nitrogens with two attached hydrogens (primary N) is 1. The summed E-state index contributed by atoms with van der Waals surface area (Å²) in [5.41, 5.74) is 4.23. The van der Waals surface area contributed by atoms with Crippen molar-refractivity contribution in [2.45, 2.75) is 37.0 Å². The van der Waals surface area contributed by atoms with Gasteiger partial charge in [0.2, 0.25) is 0 Å². The molecule has 4 nitrogen and oxygen atoms in total. The Labute approximate surface area is 101 Å². The summed E-state index contributed by atoms with van der Waals surface area (Å²) in [6, 6.07) is 0.323. The van der Waals surface area contributed by atoms with Crippen molar-refractivity contribution in [1.82, 2.24) is 15.2 Å². The van der Waals surface area contributed by atoms with E-state index in [2.05, 4.69) is 23.6 Å². The molecule has 1 saturated heterocycles. The van der Waals surface area contributed by atoms with Crippen molar-refractivity contribution in [3.63, 3.8) is 0 Å². The third kappa shape index (κ3) is 2.42. The Morgan fingerprint density at radius 1 is 1.75 bits per heavy atom. The van der Waals surface area contributed by atoms with Crippen LogP contribution in [0, 0.1) is 0 Å². The molecule has 2 atom stereocenters. The van der Waals surface area contributed by atoms with Crippen molar-refractivity contribution in [1.29, 1.82) is 0 Å². The molecule has 0 aromatic carbocycles. The van der Waals surface area contributed by atoms with Gasteiger partial charge in [-0.2, -0.15) is 16.9 Å². The summed E-state index contributed by atoms with van der Waals surface area (Å²) in [6.45, 7) is 2.31. The van der Waals surface area contributed by atoms with E-state index in [0.29, 0.717) is 6.04 Å². The number of thioether (sulfide) groups is 1. The van der Waals surface area contributed by atoms with Crippen molar-refractivity contribution in [3.05, 3.63) is 18.0 Å². The summed E-state index contributed by atoms with van der Waals surface area (Å²) in [5, 5.41) is 4.19. The Balaban J connectivity index is 2.05. The fourth-order valence-electron chi connectivity index (χ4n) is 2.34. The molecule has 0 saturated carbocycles. The van der Waals surface area contributed by atoms with Crippen molar-refractivity contribution in [2.24, 2.45) is 12.9 Å². The van der Waals surface area contributed by atoms with Crippen LogP contribution in [0.4, 0.5) is 0 Å². The molecular weight excluding hydrogens is 220 g/mol. The number of nitrogens with zero attached hydrogens (tertiary/aromatic N) is 2. The zero-order valence-electron chi connectivity index (χ0n) is 9.94. The minimum Gasteiger partial charge on any atom is -0.276 e. The van der Waals surface area contributed by atoms with Gasteiger partial charge in [-0.25, -0.2) is 0 Å². The van der Waals surface area contributed by atoms with Gasteiger partial charge in [0.15, 0.2) is 0 Å². The average molecular weight is 240 g/mol. The van der Waals surface area contributed by atoms with Crippen LogP contribution in [-0.2, 0) is 13.5 Å². The van der Waals surface area contributed by atoms with E-state index >= 15 is 0 Å². The zero-order chi connectivity index (χ0) is 11.6. The lowest BCUT2D eigenvalue weighted by Crippen LogP contribution is -2.49. The van der Waals surface area contributed by atoms with E-state index in [9.17, 15) is 0 Å². The molecule has 90 valence electrons. The highest BCUT2D eigenvalue weighted by atomic mass is 32.2. The van der Waals surface area contributed by atoms with E-state index in [4.69, 9.17) is 5.84 Å². The van der Waals surface area contributed by atoms with Crippen LogP contribution in [0.25, 0.3) is 0 Å². The number of rotatable bonds is 4. The minimum absolute atomic E-state index is 0.268. The average Bonchev–Trinajstić information content (AvgIpc) is 2.85. The first-order valence-corrected chi connectivity index (χ1v) is 6.70. The predicted octanol–water partition coefficient (Wildman–Crippen LogP) is 1.08. The third-order valence-electron chi connectivity index (χ3n) is 3.39. The second-order valence-electron chi connectivity index (χ2n) is 4.71. The van der Waals surface area contributed by atoms with Gasteiger partial charge in [-0.15, -0.1) is 0 Å². The smallest absolute Gasteiger partial charge is 0.0522 e. The first-order chi connectivity index (χ1) is 7.64. The standard InChI is InChI=1S/C11H20N4S/c1-11(4-3-5-16-11)10(14-12)6-9-7-13-15(2)8-9/h7-8,10,14H,3-6,12H2,1-2H3. The van der Waals surface area contributed by atoms with Gasteiger partial charge >= 0.3 is 0 Å². The van der Waals surface area contributed by atoms with Crippen LogP contribution >= 0.6 is 11.8 Å². The zero-order valence-corrected chi connectivity index (χ0v) is 10.8. The van der Waals surface area contributed by atoms with Gasteiger partial charge < -0.3 is 0 Å². The van der Waals surface area contributed by atoms with Crippen LogP contribution < -0.4 is 11.3 Å². The molecule has 2 unspecified atom stereocenters. The molecule has 5 heteroatoms. The highest BCUT2D eigenvalue weighted by Gasteiger charge is 2.37. The number of nitrogens with one attached hydrogen (secondary N) is 1. The summed E-state index contributed by atoms with van der Waals surface area (Å²) in [4.78, 5) is 0. The van der Waals surface area contributed by atoms with Crippen LogP contribution in [0.1, 0.15) is 25.3 Å². The van der Waals surface area contributed by atoms with Crippen molar-refractivity contribution < 1.29 is 0 Å². The molecule has 0 bridgehead atoms. The van der Waals surface area contributed by atoms with E-state index in [1.165, 1.54) is 24.2 Å². The van der Waals surface area contributed by atoms with E-state index in [-0.39, 0.29) is 4.75 Å². The van der Waals surface area contributed by atoms with Gasteiger partial charge in [0.1, 0.15) is 0 Å². The molecule has 0 amide bonds. The van der Waals surface area contributed by atoms with Gasteiger partial charge in [-0.1, -0.05) is 0 Å². The second kappa shape index (κ2) is 4.77. The lowest BCUT2D eigenvalue weighted by Gasteiger charge is -2.32. The maximum atomic E-state index is 5.70. The summed E-state index contributed by atoms with van der Waals surface area (Å²) in [6.07, 6.45) is 7.48. The van der Waals surface area contributed by atoms with E-state index in [1.54, 1.807) is 0 Å². The summed E-state index contributed by atoms with van der Waals surface area (Å²) in [5.74, 6) is 6.95. The summed E-state index contributed by atoms with van der Waals surface area (Å²) < 4.78 is 2.11. The van der Waals surface area contributed by atoms with Gasteiger partial charge in [-0.3, -0.25) is 16.0 Å². The first-order valence-electron chi connectivity index (χ1n) is 5.72. The maximum Gasteiger partial charge on any atom is 0.0522 e. The number of hydrogen-bond donors (Lipinski definition) is 2. The quantitative estimate of drug-likeness (QED) is 0.611. The topological polar surface area (TPSA) is 55.9 Å². The van der Waals surface area contributed by atoms with E-state index in [1.807, 2.05) is 29.7 Å². The molecule has 0 spiro atoms. The molecular formula is C11H20N4S. The van der Waals surface area contributed by atoms with Gasteiger partial charge in [-0.05, 0) is 37.5 Å². The molecule has 1 aromatic heterocycles. The SMILES string of the molecule is Cn1cc(CC(NN)C2(C)CCCS2)cn1. The molecule has 2 heterocycles. The molecule has 2 rings (SSSR count). The maximum absolute atomic E-state index is 5.70. The highest BCUT2D eigenvalue weighted by molar-refractivity contribution is 8.00. The number of aromatic nitrogens is 2. The molecule has 3 N–H and O–H groups in total. The normalized spacial score (nSPS) is 27.2. The Morgan fingerprint density at radius 3 is 3.06 bits per heavy atom. The molecule has 0 aliphatic carbocycles. The number of hydrogen-bond acceptors (Lipinski definition) is 4. The fourth-order valence-corrected chi connectivity index (χ4v) is 3.74. The largest absolute Gasteiger partial charge is 0.276 e. The van der Waals surface area contributed by atoms with Gasteiger partial charge in [0.05, 0.1) is 6.20 Å². The fraction of sp³-hybridized carbons (Fsp3) is 0.727. The van der Waals surface area contributed by atoms with Gasteiger partial charge in [0.25, 0.3) is 0 Å². The lowest BCUT2D eigenvalue weighted by atomic mass is 9.92. The number of hydrazine groups is 1. The Hall–Kier alpha value is -0.520. The lowest BCUT2D eigenvalue weighted by molar-refractivity contribution is 0.405. The van der Waals surface area contributed by atoms with Crippen molar-refractivity contribution in [3.8, 4) is 0 Å². The van der Waals surface area contributed by atoms with Crippen LogP contribution in [0.2, 0.25) is 0 Å². The number of aryl methyl sites for hydroxylation is 1. The Bertz CT molecular complexity index is 344. The molecule has 16 heavy (non-hydrogen) atoms. The summed E-state index contributed by atoms with van der Waals surface area (Å²) >= 11 is 2.03.